The molecule has 1 aromatic heterocycles. The van der Waals surface area contributed by atoms with Crippen molar-refractivity contribution in [3.8, 4) is 11.6 Å². The Labute approximate surface area is 130 Å². The van der Waals surface area contributed by atoms with Gasteiger partial charge >= 0.3 is 5.97 Å². The lowest BCUT2D eigenvalue weighted by molar-refractivity contribution is 0.0694. The molecule has 0 saturated heterocycles. The summed E-state index contributed by atoms with van der Waals surface area (Å²) in [5.41, 5.74) is 0.108. The van der Waals surface area contributed by atoms with E-state index in [1.165, 1.54) is 6.33 Å². The zero-order valence-corrected chi connectivity index (χ0v) is 13.1. The molecule has 7 heteroatoms. The molecule has 5 nitrogen and oxygen atoms in total. The molecule has 2 aromatic rings. The number of aromatic nitrogens is 2. The largest absolute Gasteiger partial charge is 0.478 e. The number of halogens is 2. The quantitative estimate of drug-likeness (QED) is 0.702. The highest BCUT2D eigenvalue weighted by atomic mass is 127. The van der Waals surface area contributed by atoms with E-state index in [2.05, 4.69) is 9.97 Å². The summed E-state index contributed by atoms with van der Waals surface area (Å²) in [4.78, 5) is 18.9. The van der Waals surface area contributed by atoms with E-state index in [1.54, 1.807) is 24.4 Å². The number of carboxylic acids is 1. The number of aromatic carboxylic acids is 1. The van der Waals surface area contributed by atoms with Crippen molar-refractivity contribution < 1.29 is 14.6 Å². The van der Waals surface area contributed by atoms with Crippen molar-refractivity contribution in [1.82, 2.24) is 9.97 Å². The van der Waals surface area contributed by atoms with Crippen LogP contribution >= 0.6 is 45.2 Å². The van der Waals surface area contributed by atoms with Crippen LogP contribution in [0.5, 0.6) is 11.6 Å². The second-order valence-corrected chi connectivity index (χ2v) is 5.63. The van der Waals surface area contributed by atoms with Crippen LogP contribution in [0.25, 0.3) is 0 Å². The molecule has 92 valence electrons. The molecule has 0 atom stereocenters. The van der Waals surface area contributed by atoms with Crippen molar-refractivity contribution in [2.24, 2.45) is 0 Å². The van der Waals surface area contributed by atoms with Crippen LogP contribution in [0.15, 0.2) is 30.7 Å². The minimum absolute atomic E-state index is 0.108. The van der Waals surface area contributed by atoms with Gasteiger partial charge in [0.15, 0.2) is 0 Å². The zero-order chi connectivity index (χ0) is 13.1. The number of benzene rings is 1. The molecule has 0 bridgehead atoms. The monoisotopic (exact) mass is 468 g/mol. The van der Waals surface area contributed by atoms with Crippen LogP contribution in [-0.2, 0) is 0 Å². The van der Waals surface area contributed by atoms with E-state index in [0.717, 1.165) is 3.57 Å². The van der Waals surface area contributed by atoms with Gasteiger partial charge in [0.25, 0.3) is 0 Å². The van der Waals surface area contributed by atoms with E-state index in [-0.39, 0.29) is 11.3 Å². The molecule has 0 amide bonds. The molecule has 0 fully saturated rings. The lowest BCUT2D eigenvalue weighted by Gasteiger charge is -2.08. The molecular formula is C11H6I2N2O3. The van der Waals surface area contributed by atoms with Crippen LogP contribution in [0.1, 0.15) is 10.4 Å². The average Bonchev–Trinajstić information content (AvgIpc) is 2.34. The first-order chi connectivity index (χ1) is 8.58. The van der Waals surface area contributed by atoms with Gasteiger partial charge in [-0.1, -0.05) is 0 Å². The third-order valence-corrected chi connectivity index (χ3v) is 3.42. The minimum atomic E-state index is -1.03. The first kappa shape index (κ1) is 13.5. The highest BCUT2D eigenvalue weighted by Gasteiger charge is 2.14. The Morgan fingerprint density at radius 1 is 1.33 bits per heavy atom. The Balaban J connectivity index is 2.41. The second-order valence-electron chi connectivity index (χ2n) is 3.22. The summed E-state index contributed by atoms with van der Waals surface area (Å²) in [5.74, 6) is -0.429. The van der Waals surface area contributed by atoms with E-state index < -0.39 is 5.97 Å². The zero-order valence-electron chi connectivity index (χ0n) is 8.80. The SMILES string of the molecule is O=C(O)c1cc(I)ccc1Oc1ncncc1I. The van der Waals surface area contributed by atoms with Crippen LogP contribution in [0.2, 0.25) is 0 Å². The van der Waals surface area contributed by atoms with Crippen molar-refractivity contribution in [2.75, 3.05) is 0 Å². The lowest BCUT2D eigenvalue weighted by atomic mass is 10.2. The highest BCUT2D eigenvalue weighted by molar-refractivity contribution is 14.1. The van der Waals surface area contributed by atoms with Crippen molar-refractivity contribution in [3.63, 3.8) is 0 Å². The van der Waals surface area contributed by atoms with Gasteiger partial charge in [-0.25, -0.2) is 14.8 Å². The van der Waals surface area contributed by atoms with Crippen LogP contribution in [0.3, 0.4) is 0 Å². The number of nitrogens with zero attached hydrogens (tertiary/aromatic N) is 2. The van der Waals surface area contributed by atoms with Gasteiger partial charge < -0.3 is 9.84 Å². The molecule has 1 N–H and O–H groups in total. The molecule has 1 aromatic carbocycles. The Hall–Kier alpha value is -0.970. The number of hydrogen-bond donors (Lipinski definition) is 1. The van der Waals surface area contributed by atoms with Gasteiger partial charge in [-0.15, -0.1) is 0 Å². The number of ether oxygens (including phenoxy) is 1. The Morgan fingerprint density at radius 2 is 2.11 bits per heavy atom. The van der Waals surface area contributed by atoms with Crippen molar-refractivity contribution >= 4 is 51.2 Å². The molecule has 0 aliphatic carbocycles. The topological polar surface area (TPSA) is 72.3 Å². The molecular weight excluding hydrogens is 462 g/mol. The van der Waals surface area contributed by atoms with Crippen LogP contribution in [-0.4, -0.2) is 21.0 Å². The fourth-order valence-electron chi connectivity index (χ4n) is 1.24. The van der Waals surface area contributed by atoms with Gasteiger partial charge in [0.2, 0.25) is 5.88 Å². The number of rotatable bonds is 3. The van der Waals surface area contributed by atoms with Gasteiger partial charge in [0, 0.05) is 9.77 Å². The first-order valence-corrected chi connectivity index (χ1v) is 6.90. The maximum Gasteiger partial charge on any atom is 0.339 e. The van der Waals surface area contributed by atoms with Gasteiger partial charge in [0.05, 0.1) is 3.57 Å². The highest BCUT2D eigenvalue weighted by Crippen LogP contribution is 2.28. The Kier molecular flexibility index (Phi) is 4.32. The van der Waals surface area contributed by atoms with E-state index in [9.17, 15) is 4.79 Å². The summed E-state index contributed by atoms with van der Waals surface area (Å²) < 4.78 is 7.06. The predicted molar refractivity (Wildman–Crippen MR) is 80.9 cm³/mol. The normalized spacial score (nSPS) is 10.1. The fourth-order valence-corrected chi connectivity index (χ4v) is 2.14. The standard InChI is InChI=1S/C11H6I2N2O3/c12-6-1-2-9(7(3-6)11(16)17)18-10-8(13)4-14-5-15-10/h1-5H,(H,16,17). The van der Waals surface area contributed by atoms with E-state index in [4.69, 9.17) is 9.84 Å². The third-order valence-electron chi connectivity index (χ3n) is 2.01. The smallest absolute Gasteiger partial charge is 0.339 e. The van der Waals surface area contributed by atoms with E-state index in [1.807, 2.05) is 45.2 Å². The summed E-state index contributed by atoms with van der Waals surface area (Å²) in [7, 11) is 0. The van der Waals surface area contributed by atoms with Gasteiger partial charge in [-0.3, -0.25) is 0 Å². The number of carboxylic acid groups (broad SMARTS) is 1. The Morgan fingerprint density at radius 3 is 2.78 bits per heavy atom. The third kappa shape index (κ3) is 3.07. The van der Waals surface area contributed by atoms with Gasteiger partial charge in [-0.2, -0.15) is 0 Å². The number of carbonyl (C=O) groups is 1. The van der Waals surface area contributed by atoms with Crippen LogP contribution < -0.4 is 4.74 Å². The van der Waals surface area contributed by atoms with E-state index in [0.29, 0.717) is 9.45 Å². The molecule has 0 unspecified atom stereocenters. The fraction of sp³-hybridized carbons (Fsp3) is 0. The van der Waals surface area contributed by atoms with Crippen LogP contribution in [0, 0.1) is 7.14 Å². The molecule has 0 aliphatic heterocycles. The molecule has 0 spiro atoms. The van der Waals surface area contributed by atoms with Crippen molar-refractivity contribution in [1.29, 1.82) is 0 Å². The molecule has 2 rings (SSSR count). The summed E-state index contributed by atoms with van der Waals surface area (Å²) in [5, 5.41) is 9.12. The summed E-state index contributed by atoms with van der Waals surface area (Å²) in [6, 6.07) is 4.94. The molecule has 0 radical (unpaired) electrons. The second kappa shape index (κ2) is 5.78. The Bertz CT molecular complexity index is 605. The maximum absolute atomic E-state index is 11.1. The first-order valence-electron chi connectivity index (χ1n) is 4.74. The van der Waals surface area contributed by atoms with Crippen molar-refractivity contribution in [2.45, 2.75) is 0 Å². The molecule has 0 aliphatic rings. The minimum Gasteiger partial charge on any atom is -0.478 e. The van der Waals surface area contributed by atoms with E-state index >= 15 is 0 Å². The average molecular weight is 468 g/mol. The molecule has 18 heavy (non-hydrogen) atoms. The molecule has 0 saturated carbocycles. The van der Waals surface area contributed by atoms with Gasteiger partial charge in [0.1, 0.15) is 17.6 Å². The number of hydrogen-bond acceptors (Lipinski definition) is 4. The van der Waals surface area contributed by atoms with Gasteiger partial charge in [-0.05, 0) is 63.4 Å². The summed E-state index contributed by atoms with van der Waals surface area (Å²) >= 11 is 4.07. The predicted octanol–water partition coefficient (Wildman–Crippen LogP) is 3.18. The summed E-state index contributed by atoms with van der Waals surface area (Å²) in [6.45, 7) is 0. The summed E-state index contributed by atoms with van der Waals surface area (Å²) in [6.07, 6.45) is 2.95. The lowest BCUT2D eigenvalue weighted by Crippen LogP contribution is -2.02. The van der Waals surface area contributed by atoms with Crippen molar-refractivity contribution in [3.05, 3.63) is 43.4 Å². The maximum atomic E-state index is 11.1. The molecule has 1 heterocycles. The van der Waals surface area contributed by atoms with Crippen LogP contribution in [0.4, 0.5) is 0 Å².